The predicted molar refractivity (Wildman–Crippen MR) is 103 cm³/mol. The van der Waals surface area contributed by atoms with Crippen molar-refractivity contribution in [2.45, 2.75) is 51.2 Å². The van der Waals surface area contributed by atoms with E-state index in [1.165, 1.54) is 0 Å². The molecule has 0 radical (unpaired) electrons. The minimum atomic E-state index is -1.24. The highest BCUT2D eigenvalue weighted by molar-refractivity contribution is 7.80. The van der Waals surface area contributed by atoms with Crippen LogP contribution < -0.4 is 21.7 Å². The van der Waals surface area contributed by atoms with E-state index in [-0.39, 0.29) is 30.9 Å². The fourth-order valence-electron chi connectivity index (χ4n) is 2.14. The summed E-state index contributed by atoms with van der Waals surface area (Å²) in [5.41, 5.74) is 5.65. The average molecular weight is 420 g/mol. The van der Waals surface area contributed by atoms with Crippen LogP contribution in [0.5, 0.6) is 0 Å². The predicted octanol–water partition coefficient (Wildman–Crippen LogP) is -1.68. The Morgan fingerprint density at radius 3 is 1.96 bits per heavy atom. The zero-order chi connectivity index (χ0) is 21.9. The molecule has 11 nitrogen and oxygen atoms in total. The third-order valence-corrected chi connectivity index (χ3v) is 3.94. The maximum atomic E-state index is 12.5. The van der Waals surface area contributed by atoms with Gasteiger partial charge in [-0.25, -0.2) is 0 Å². The van der Waals surface area contributed by atoms with Gasteiger partial charge >= 0.3 is 11.9 Å². The lowest BCUT2D eigenvalue weighted by Crippen LogP contribution is -2.56. The van der Waals surface area contributed by atoms with E-state index in [1.807, 2.05) is 13.8 Å². The molecule has 28 heavy (non-hydrogen) atoms. The monoisotopic (exact) mass is 420 g/mol. The first kappa shape index (κ1) is 25.7. The fraction of sp³-hybridized carbons (Fsp3) is 0.688. The molecule has 0 saturated carbocycles. The van der Waals surface area contributed by atoms with Crippen molar-refractivity contribution < 1.29 is 34.2 Å². The van der Waals surface area contributed by atoms with Gasteiger partial charge in [-0.3, -0.25) is 24.0 Å². The first-order valence-corrected chi connectivity index (χ1v) is 9.29. The molecule has 0 fully saturated rings. The van der Waals surface area contributed by atoms with E-state index < -0.39 is 54.3 Å². The average Bonchev–Trinajstić information content (AvgIpc) is 2.60. The number of nitrogens with one attached hydrogen (secondary N) is 3. The molecule has 7 N–H and O–H groups in total. The van der Waals surface area contributed by atoms with Gasteiger partial charge in [-0.15, -0.1) is 0 Å². The Hall–Kier alpha value is -2.34. The SMILES string of the molecule is CC(C)CC(NC(=O)C(N)CCC(=O)O)C(=O)NC(CS)C(=O)NCC(=O)O. The minimum Gasteiger partial charge on any atom is -0.481 e. The number of carbonyl (C=O) groups excluding carboxylic acids is 3. The lowest BCUT2D eigenvalue weighted by molar-refractivity contribution is -0.139. The van der Waals surface area contributed by atoms with Gasteiger partial charge in [0.05, 0.1) is 6.04 Å². The van der Waals surface area contributed by atoms with E-state index >= 15 is 0 Å². The van der Waals surface area contributed by atoms with Crippen molar-refractivity contribution in [2.75, 3.05) is 12.3 Å². The van der Waals surface area contributed by atoms with Crippen LogP contribution >= 0.6 is 12.6 Å². The van der Waals surface area contributed by atoms with Crippen molar-refractivity contribution in [3.05, 3.63) is 0 Å². The van der Waals surface area contributed by atoms with Crippen LogP contribution in [0.25, 0.3) is 0 Å². The third-order valence-electron chi connectivity index (χ3n) is 3.58. The molecule has 0 rings (SSSR count). The molecule has 0 aliphatic carbocycles. The first-order chi connectivity index (χ1) is 13.0. The maximum Gasteiger partial charge on any atom is 0.322 e. The quantitative estimate of drug-likeness (QED) is 0.172. The van der Waals surface area contributed by atoms with Crippen molar-refractivity contribution in [1.29, 1.82) is 0 Å². The Kier molecular flexibility index (Phi) is 11.9. The number of hydrogen-bond donors (Lipinski definition) is 7. The van der Waals surface area contributed by atoms with E-state index in [2.05, 4.69) is 28.6 Å². The number of carboxylic acid groups (broad SMARTS) is 2. The van der Waals surface area contributed by atoms with Gasteiger partial charge in [-0.05, 0) is 18.8 Å². The summed E-state index contributed by atoms with van der Waals surface area (Å²) in [5, 5.41) is 24.3. The molecule has 0 bridgehead atoms. The lowest BCUT2D eigenvalue weighted by atomic mass is 10.0. The van der Waals surface area contributed by atoms with Crippen molar-refractivity contribution in [3.8, 4) is 0 Å². The molecule has 0 aliphatic rings. The number of rotatable bonds is 13. The van der Waals surface area contributed by atoms with Gasteiger partial charge in [0.15, 0.2) is 0 Å². The van der Waals surface area contributed by atoms with Crippen LogP contribution in [-0.4, -0.2) is 70.3 Å². The molecule has 0 aromatic heterocycles. The van der Waals surface area contributed by atoms with Crippen LogP contribution in [0.4, 0.5) is 0 Å². The summed E-state index contributed by atoms with van der Waals surface area (Å²) in [7, 11) is 0. The highest BCUT2D eigenvalue weighted by Gasteiger charge is 2.28. The lowest BCUT2D eigenvalue weighted by Gasteiger charge is -2.24. The fourth-order valence-corrected chi connectivity index (χ4v) is 2.40. The van der Waals surface area contributed by atoms with E-state index in [4.69, 9.17) is 15.9 Å². The van der Waals surface area contributed by atoms with Gasteiger partial charge in [-0.2, -0.15) is 12.6 Å². The summed E-state index contributed by atoms with van der Waals surface area (Å²) in [5.74, 6) is -4.46. The van der Waals surface area contributed by atoms with Crippen LogP contribution in [0.3, 0.4) is 0 Å². The zero-order valence-corrected chi connectivity index (χ0v) is 16.7. The zero-order valence-electron chi connectivity index (χ0n) is 15.8. The molecule has 160 valence electrons. The Bertz CT molecular complexity index is 585. The summed E-state index contributed by atoms with van der Waals surface area (Å²) in [6.07, 6.45) is -0.131. The molecule has 0 aliphatic heterocycles. The molecule has 3 atom stereocenters. The Morgan fingerprint density at radius 2 is 1.50 bits per heavy atom. The van der Waals surface area contributed by atoms with Crippen molar-refractivity contribution in [1.82, 2.24) is 16.0 Å². The number of carbonyl (C=O) groups is 5. The van der Waals surface area contributed by atoms with Crippen LogP contribution in [0.2, 0.25) is 0 Å². The molecule has 0 aromatic rings. The topological polar surface area (TPSA) is 188 Å². The summed E-state index contributed by atoms with van der Waals surface area (Å²) in [6.45, 7) is 3.04. The van der Waals surface area contributed by atoms with Crippen molar-refractivity contribution >= 4 is 42.3 Å². The molecule has 0 saturated heterocycles. The smallest absolute Gasteiger partial charge is 0.322 e. The largest absolute Gasteiger partial charge is 0.481 e. The van der Waals surface area contributed by atoms with Gasteiger partial charge in [0.25, 0.3) is 0 Å². The number of thiol groups is 1. The Balaban J connectivity index is 4.99. The molecular weight excluding hydrogens is 392 g/mol. The summed E-state index contributed by atoms with van der Waals surface area (Å²) < 4.78 is 0. The van der Waals surface area contributed by atoms with Gasteiger partial charge < -0.3 is 31.9 Å². The minimum absolute atomic E-state index is 0.0154. The highest BCUT2D eigenvalue weighted by Crippen LogP contribution is 2.07. The van der Waals surface area contributed by atoms with Gasteiger partial charge in [0.1, 0.15) is 18.6 Å². The summed E-state index contributed by atoms with van der Waals surface area (Å²) in [6, 6.07) is -3.20. The molecule has 3 unspecified atom stereocenters. The number of aliphatic carboxylic acids is 2. The number of hydrogen-bond acceptors (Lipinski definition) is 7. The van der Waals surface area contributed by atoms with Gasteiger partial charge in [0.2, 0.25) is 17.7 Å². The van der Waals surface area contributed by atoms with Gasteiger partial charge in [0, 0.05) is 12.2 Å². The van der Waals surface area contributed by atoms with E-state index in [9.17, 15) is 24.0 Å². The second-order valence-electron chi connectivity index (χ2n) is 6.58. The van der Waals surface area contributed by atoms with Crippen LogP contribution in [-0.2, 0) is 24.0 Å². The first-order valence-electron chi connectivity index (χ1n) is 8.66. The standard InChI is InChI=1S/C16H28N4O7S/c1-8(2)5-10(19-14(25)9(17)3-4-12(21)22)16(27)20-11(7-28)15(26)18-6-13(23)24/h8-11,28H,3-7,17H2,1-2H3,(H,18,26)(H,19,25)(H,20,27)(H,21,22)(H,23,24). The van der Waals surface area contributed by atoms with Gasteiger partial charge in [-0.1, -0.05) is 13.8 Å². The Morgan fingerprint density at radius 1 is 0.929 bits per heavy atom. The molecule has 0 heterocycles. The van der Waals surface area contributed by atoms with Crippen LogP contribution in [0.15, 0.2) is 0 Å². The van der Waals surface area contributed by atoms with Crippen molar-refractivity contribution in [3.63, 3.8) is 0 Å². The molecule has 0 aromatic carbocycles. The molecule has 12 heteroatoms. The maximum absolute atomic E-state index is 12.5. The van der Waals surface area contributed by atoms with Crippen LogP contribution in [0, 0.1) is 5.92 Å². The Labute approximate surface area is 168 Å². The molecular formula is C16H28N4O7S. The normalized spacial score (nSPS) is 13.9. The summed E-state index contributed by atoms with van der Waals surface area (Å²) >= 11 is 3.98. The molecule has 3 amide bonds. The number of nitrogens with two attached hydrogens (primary N) is 1. The number of carboxylic acids is 2. The summed E-state index contributed by atoms with van der Waals surface area (Å²) in [4.78, 5) is 57.7. The second-order valence-corrected chi connectivity index (χ2v) is 6.95. The van der Waals surface area contributed by atoms with E-state index in [0.29, 0.717) is 0 Å². The number of amides is 3. The highest BCUT2D eigenvalue weighted by atomic mass is 32.1. The third kappa shape index (κ3) is 10.7. The van der Waals surface area contributed by atoms with E-state index in [1.54, 1.807) is 0 Å². The van der Waals surface area contributed by atoms with Crippen molar-refractivity contribution in [2.24, 2.45) is 11.7 Å². The second kappa shape index (κ2) is 12.9. The van der Waals surface area contributed by atoms with Crippen LogP contribution in [0.1, 0.15) is 33.1 Å². The molecule has 0 spiro atoms. The van der Waals surface area contributed by atoms with E-state index in [0.717, 1.165) is 0 Å².